The van der Waals surface area contributed by atoms with Gasteiger partial charge in [-0.15, -0.1) is 0 Å². The summed E-state index contributed by atoms with van der Waals surface area (Å²) < 4.78 is 0. The third kappa shape index (κ3) is 2.27. The maximum Gasteiger partial charge on any atom is 0.251 e. The third-order valence-corrected chi connectivity index (χ3v) is 5.70. The first-order chi connectivity index (χ1) is 8.45. The summed E-state index contributed by atoms with van der Waals surface area (Å²) in [6.45, 7) is 9.69. The highest BCUT2D eigenvalue weighted by atomic mass is 28.3. The van der Waals surface area contributed by atoms with Gasteiger partial charge in [-0.1, -0.05) is 56.0 Å². The van der Waals surface area contributed by atoms with Crippen LogP contribution in [-0.2, 0) is 11.3 Å². The topological polar surface area (TPSA) is 20.3 Å². The number of carbonyl (C=O) groups is 1. The monoisotopic (exact) mass is 259 g/mol. The van der Waals surface area contributed by atoms with Gasteiger partial charge in [0.1, 0.15) is 0 Å². The minimum absolute atomic E-state index is 0.216. The highest BCUT2D eigenvalue weighted by molar-refractivity contribution is 6.79. The number of allylic oxidation sites excluding steroid dienone is 1. The highest BCUT2D eigenvalue weighted by Gasteiger charge is 2.48. The van der Waals surface area contributed by atoms with Crippen molar-refractivity contribution < 1.29 is 4.79 Å². The first-order valence-corrected chi connectivity index (χ1v) is 10.0. The summed E-state index contributed by atoms with van der Waals surface area (Å²) in [4.78, 5) is 14.2. The van der Waals surface area contributed by atoms with E-state index in [1.807, 2.05) is 36.1 Å². The Balaban J connectivity index is 2.20. The Hall–Kier alpha value is -1.35. The van der Waals surface area contributed by atoms with E-state index in [9.17, 15) is 4.79 Å². The zero-order chi connectivity index (χ0) is 13.3. The number of β-lactam (4-membered cyclic amide) rings is 1. The van der Waals surface area contributed by atoms with Crippen molar-refractivity contribution in [1.82, 2.24) is 4.90 Å². The Morgan fingerprint density at radius 1 is 1.22 bits per heavy atom. The van der Waals surface area contributed by atoms with E-state index >= 15 is 0 Å². The molecule has 96 valence electrons. The van der Waals surface area contributed by atoms with Crippen molar-refractivity contribution in [1.29, 1.82) is 0 Å². The first-order valence-electron chi connectivity index (χ1n) is 6.46. The van der Waals surface area contributed by atoms with E-state index < -0.39 is 8.07 Å². The zero-order valence-corrected chi connectivity index (χ0v) is 12.6. The standard InChI is InChI=1S/C15H21NOSi/c1-5-13-14(17)16(15(13)18(2,3)4)11-12-9-7-6-8-10-12/h5-10,15H,11H2,1-4H3/b13-5-. The summed E-state index contributed by atoms with van der Waals surface area (Å²) in [6, 6.07) is 10.2. The van der Waals surface area contributed by atoms with E-state index in [4.69, 9.17) is 0 Å². The number of rotatable bonds is 3. The summed E-state index contributed by atoms with van der Waals surface area (Å²) in [5, 5.41) is 0. The van der Waals surface area contributed by atoms with Crippen LogP contribution in [0.4, 0.5) is 0 Å². The minimum Gasteiger partial charge on any atom is -0.330 e. The molecular weight excluding hydrogens is 238 g/mol. The molecule has 1 aromatic carbocycles. The van der Waals surface area contributed by atoms with E-state index in [2.05, 4.69) is 31.8 Å². The number of likely N-dealkylation sites (tertiary alicyclic amines) is 1. The molecule has 2 rings (SSSR count). The van der Waals surface area contributed by atoms with Gasteiger partial charge in [0.2, 0.25) is 0 Å². The van der Waals surface area contributed by atoms with Gasteiger partial charge in [0.25, 0.3) is 5.91 Å². The number of amides is 1. The van der Waals surface area contributed by atoms with Crippen molar-refractivity contribution in [2.45, 2.75) is 38.8 Å². The molecule has 0 spiro atoms. The Morgan fingerprint density at radius 2 is 1.83 bits per heavy atom. The second kappa shape index (κ2) is 4.73. The third-order valence-electron chi connectivity index (χ3n) is 3.44. The van der Waals surface area contributed by atoms with Gasteiger partial charge in [-0.05, 0) is 12.5 Å². The molecule has 0 aromatic heterocycles. The Kier molecular flexibility index (Phi) is 3.44. The Labute approximate surface area is 110 Å². The lowest BCUT2D eigenvalue weighted by Crippen LogP contribution is -2.64. The molecule has 1 saturated heterocycles. The average molecular weight is 259 g/mol. The van der Waals surface area contributed by atoms with E-state index in [-0.39, 0.29) is 5.91 Å². The van der Waals surface area contributed by atoms with Crippen LogP contribution in [0.15, 0.2) is 42.0 Å². The minimum atomic E-state index is -1.38. The fourth-order valence-electron chi connectivity index (χ4n) is 2.66. The van der Waals surface area contributed by atoms with Crippen LogP contribution in [-0.4, -0.2) is 24.5 Å². The molecule has 2 nitrogen and oxygen atoms in total. The quantitative estimate of drug-likeness (QED) is 0.464. The number of benzene rings is 1. The van der Waals surface area contributed by atoms with Gasteiger partial charge in [-0.2, -0.15) is 0 Å². The molecule has 1 atom stereocenters. The Morgan fingerprint density at radius 3 is 2.33 bits per heavy atom. The fourth-order valence-corrected chi connectivity index (χ4v) is 5.03. The van der Waals surface area contributed by atoms with Crippen LogP contribution >= 0.6 is 0 Å². The van der Waals surface area contributed by atoms with Gasteiger partial charge < -0.3 is 4.90 Å². The summed E-state index contributed by atoms with van der Waals surface area (Å²) in [7, 11) is -1.38. The van der Waals surface area contributed by atoms with E-state index in [1.165, 1.54) is 5.56 Å². The van der Waals surface area contributed by atoms with Crippen molar-refractivity contribution in [2.24, 2.45) is 0 Å². The van der Waals surface area contributed by atoms with Gasteiger partial charge in [-0.3, -0.25) is 4.79 Å². The van der Waals surface area contributed by atoms with E-state index in [0.717, 1.165) is 12.1 Å². The molecule has 1 aromatic rings. The molecule has 0 N–H and O–H groups in total. The molecule has 1 unspecified atom stereocenters. The largest absolute Gasteiger partial charge is 0.330 e. The van der Waals surface area contributed by atoms with Crippen LogP contribution < -0.4 is 0 Å². The van der Waals surface area contributed by atoms with Crippen LogP contribution in [0.3, 0.4) is 0 Å². The molecule has 1 fully saturated rings. The number of hydrogen-bond donors (Lipinski definition) is 0. The Bertz CT molecular complexity index is 473. The fraction of sp³-hybridized carbons (Fsp3) is 0.400. The van der Waals surface area contributed by atoms with Crippen LogP contribution in [0.25, 0.3) is 0 Å². The SMILES string of the molecule is C/C=C1/C(=O)N(Cc2ccccc2)C1[Si](C)(C)C. The van der Waals surface area contributed by atoms with Gasteiger partial charge in [0.05, 0.1) is 13.7 Å². The number of carbonyl (C=O) groups excluding carboxylic acids is 1. The van der Waals surface area contributed by atoms with Gasteiger partial charge in [0.15, 0.2) is 0 Å². The molecule has 0 aliphatic carbocycles. The first kappa shape index (κ1) is 13.1. The second-order valence-electron chi connectivity index (χ2n) is 5.93. The van der Waals surface area contributed by atoms with Crippen molar-refractivity contribution in [3.8, 4) is 0 Å². The van der Waals surface area contributed by atoms with Crippen molar-refractivity contribution in [2.75, 3.05) is 0 Å². The molecule has 0 saturated carbocycles. The molecular formula is C15H21NOSi. The van der Waals surface area contributed by atoms with E-state index in [1.54, 1.807) is 0 Å². The molecule has 1 aliphatic rings. The predicted molar refractivity (Wildman–Crippen MR) is 77.9 cm³/mol. The summed E-state index contributed by atoms with van der Waals surface area (Å²) in [5.41, 5.74) is 2.60. The maximum atomic E-state index is 12.1. The molecule has 1 amide bonds. The van der Waals surface area contributed by atoms with Crippen LogP contribution in [0, 0.1) is 0 Å². The van der Waals surface area contributed by atoms with Gasteiger partial charge in [-0.25, -0.2) is 0 Å². The number of hydrogen-bond acceptors (Lipinski definition) is 1. The van der Waals surface area contributed by atoms with Crippen molar-refractivity contribution in [3.63, 3.8) is 0 Å². The van der Waals surface area contributed by atoms with Crippen LogP contribution in [0.1, 0.15) is 12.5 Å². The zero-order valence-electron chi connectivity index (χ0n) is 11.6. The summed E-state index contributed by atoms with van der Waals surface area (Å²) in [6.07, 6.45) is 1.99. The average Bonchev–Trinajstić information content (AvgIpc) is 2.32. The normalized spacial score (nSPS) is 22.2. The lowest BCUT2D eigenvalue weighted by atomic mass is 10.0. The molecule has 3 heteroatoms. The maximum absolute atomic E-state index is 12.1. The molecule has 0 radical (unpaired) electrons. The summed E-state index contributed by atoms with van der Waals surface area (Å²) in [5.74, 6) is 0.216. The number of nitrogens with zero attached hydrogens (tertiary/aromatic N) is 1. The van der Waals surface area contributed by atoms with Crippen molar-refractivity contribution in [3.05, 3.63) is 47.5 Å². The smallest absolute Gasteiger partial charge is 0.251 e. The summed E-state index contributed by atoms with van der Waals surface area (Å²) >= 11 is 0. The van der Waals surface area contributed by atoms with Crippen molar-refractivity contribution >= 4 is 14.0 Å². The van der Waals surface area contributed by atoms with Crippen LogP contribution in [0.5, 0.6) is 0 Å². The van der Waals surface area contributed by atoms with E-state index in [0.29, 0.717) is 5.67 Å². The lowest BCUT2D eigenvalue weighted by Gasteiger charge is -2.49. The molecule has 1 heterocycles. The van der Waals surface area contributed by atoms with Gasteiger partial charge >= 0.3 is 0 Å². The van der Waals surface area contributed by atoms with Crippen LogP contribution in [0.2, 0.25) is 19.6 Å². The molecule has 18 heavy (non-hydrogen) atoms. The predicted octanol–water partition coefficient (Wildman–Crippen LogP) is 3.22. The molecule has 1 aliphatic heterocycles. The van der Waals surface area contributed by atoms with Gasteiger partial charge in [0, 0.05) is 12.1 Å². The highest BCUT2D eigenvalue weighted by Crippen LogP contribution is 2.34. The molecule has 0 bridgehead atoms. The lowest BCUT2D eigenvalue weighted by molar-refractivity contribution is -0.135. The second-order valence-corrected chi connectivity index (χ2v) is 11.2.